The minimum Gasteiger partial charge on any atom is -0.384 e. The summed E-state index contributed by atoms with van der Waals surface area (Å²) >= 11 is 0. The van der Waals surface area contributed by atoms with Gasteiger partial charge in [0, 0.05) is 25.1 Å². The number of amides is 1. The molecule has 3 N–H and O–H groups in total. The predicted octanol–water partition coefficient (Wildman–Crippen LogP) is 0.265. The average Bonchev–Trinajstić information content (AvgIpc) is 1.99. The molecule has 1 atom stereocenters. The van der Waals surface area contributed by atoms with Crippen molar-refractivity contribution in [1.29, 1.82) is 0 Å². The van der Waals surface area contributed by atoms with Crippen LogP contribution in [0.3, 0.4) is 0 Å². The fraction of sp³-hybridized carbons (Fsp3) is 0.889. The van der Waals surface area contributed by atoms with Crippen LogP contribution in [0.15, 0.2) is 0 Å². The van der Waals surface area contributed by atoms with Crippen LogP contribution in [0.2, 0.25) is 0 Å². The molecule has 0 saturated heterocycles. The van der Waals surface area contributed by atoms with Crippen molar-refractivity contribution in [2.75, 3.05) is 13.7 Å². The van der Waals surface area contributed by atoms with E-state index in [1.165, 1.54) is 0 Å². The molecule has 4 heteroatoms. The first-order valence-electron chi connectivity index (χ1n) is 4.45. The molecule has 0 aliphatic carbocycles. The van der Waals surface area contributed by atoms with Crippen LogP contribution in [-0.2, 0) is 9.53 Å². The molecule has 0 fully saturated rings. The SMILES string of the molecule is COCCC(=O)NC(C)(C)C(C)N. The molecule has 0 saturated carbocycles. The van der Waals surface area contributed by atoms with E-state index in [0.29, 0.717) is 13.0 Å². The summed E-state index contributed by atoms with van der Waals surface area (Å²) in [6, 6.07) is -0.0704. The van der Waals surface area contributed by atoms with E-state index in [1.54, 1.807) is 7.11 Å². The van der Waals surface area contributed by atoms with Gasteiger partial charge in [-0.05, 0) is 20.8 Å². The molecule has 78 valence electrons. The molecule has 0 aromatic rings. The molecule has 0 heterocycles. The first-order valence-corrected chi connectivity index (χ1v) is 4.45. The predicted molar refractivity (Wildman–Crippen MR) is 52.4 cm³/mol. The zero-order valence-electron chi connectivity index (χ0n) is 8.89. The van der Waals surface area contributed by atoms with Gasteiger partial charge in [0.2, 0.25) is 5.91 Å². The van der Waals surface area contributed by atoms with Crippen LogP contribution in [0.1, 0.15) is 27.2 Å². The molecule has 0 bridgehead atoms. The Balaban J connectivity index is 3.90. The van der Waals surface area contributed by atoms with E-state index in [0.717, 1.165) is 0 Å². The maximum atomic E-state index is 11.3. The lowest BCUT2D eigenvalue weighted by Gasteiger charge is -2.30. The second kappa shape index (κ2) is 5.19. The standard InChI is InChI=1S/C9H20N2O2/c1-7(10)9(2,3)11-8(12)5-6-13-4/h7H,5-6,10H2,1-4H3,(H,11,12). The van der Waals surface area contributed by atoms with E-state index >= 15 is 0 Å². The third kappa shape index (κ3) is 4.85. The van der Waals surface area contributed by atoms with Gasteiger partial charge in [-0.15, -0.1) is 0 Å². The van der Waals surface area contributed by atoms with Gasteiger partial charge in [0.1, 0.15) is 0 Å². The molecule has 0 aliphatic rings. The Kier molecular flexibility index (Phi) is 4.95. The van der Waals surface area contributed by atoms with Crippen molar-refractivity contribution in [3.05, 3.63) is 0 Å². The highest BCUT2D eigenvalue weighted by atomic mass is 16.5. The summed E-state index contributed by atoms with van der Waals surface area (Å²) in [5.41, 5.74) is 5.34. The monoisotopic (exact) mass is 188 g/mol. The Morgan fingerprint density at radius 2 is 2.15 bits per heavy atom. The van der Waals surface area contributed by atoms with Gasteiger partial charge in [-0.2, -0.15) is 0 Å². The minimum absolute atomic E-state index is 0.0239. The number of hydrogen-bond donors (Lipinski definition) is 2. The Hall–Kier alpha value is -0.610. The van der Waals surface area contributed by atoms with E-state index in [4.69, 9.17) is 10.5 Å². The fourth-order valence-corrected chi connectivity index (χ4v) is 0.730. The topological polar surface area (TPSA) is 64.3 Å². The van der Waals surface area contributed by atoms with E-state index in [-0.39, 0.29) is 17.5 Å². The second-order valence-corrected chi connectivity index (χ2v) is 3.80. The molecular weight excluding hydrogens is 168 g/mol. The molecule has 1 unspecified atom stereocenters. The Bertz CT molecular complexity index is 167. The Morgan fingerprint density at radius 3 is 2.54 bits per heavy atom. The average molecular weight is 188 g/mol. The maximum absolute atomic E-state index is 11.3. The van der Waals surface area contributed by atoms with Crippen LogP contribution in [0.5, 0.6) is 0 Å². The van der Waals surface area contributed by atoms with Gasteiger partial charge in [-0.25, -0.2) is 0 Å². The lowest BCUT2D eigenvalue weighted by atomic mass is 9.97. The van der Waals surface area contributed by atoms with Crippen LogP contribution in [0, 0.1) is 0 Å². The number of methoxy groups -OCH3 is 1. The molecule has 0 rings (SSSR count). The highest BCUT2D eigenvalue weighted by Crippen LogP contribution is 2.06. The number of ether oxygens (including phenoxy) is 1. The maximum Gasteiger partial charge on any atom is 0.222 e. The number of nitrogens with two attached hydrogens (primary N) is 1. The highest BCUT2D eigenvalue weighted by Gasteiger charge is 2.24. The number of hydrogen-bond acceptors (Lipinski definition) is 3. The lowest BCUT2D eigenvalue weighted by Crippen LogP contribution is -2.54. The quantitative estimate of drug-likeness (QED) is 0.650. The van der Waals surface area contributed by atoms with E-state index < -0.39 is 0 Å². The zero-order chi connectivity index (χ0) is 10.5. The van der Waals surface area contributed by atoms with Gasteiger partial charge in [-0.1, -0.05) is 0 Å². The van der Waals surface area contributed by atoms with Gasteiger partial charge in [-0.3, -0.25) is 4.79 Å². The summed E-state index contributed by atoms with van der Waals surface area (Å²) < 4.78 is 4.80. The molecule has 0 aliphatic heterocycles. The largest absolute Gasteiger partial charge is 0.384 e. The summed E-state index contributed by atoms with van der Waals surface area (Å²) in [5.74, 6) is -0.0239. The number of nitrogens with one attached hydrogen (secondary N) is 1. The van der Waals surface area contributed by atoms with Crippen LogP contribution in [0.25, 0.3) is 0 Å². The third-order valence-corrected chi connectivity index (χ3v) is 2.13. The molecule has 13 heavy (non-hydrogen) atoms. The lowest BCUT2D eigenvalue weighted by molar-refractivity contribution is -0.123. The minimum atomic E-state index is -0.356. The van der Waals surface area contributed by atoms with Crippen molar-refractivity contribution in [3.8, 4) is 0 Å². The van der Waals surface area contributed by atoms with Crippen LogP contribution in [-0.4, -0.2) is 31.2 Å². The fourth-order valence-electron chi connectivity index (χ4n) is 0.730. The van der Waals surface area contributed by atoms with Gasteiger partial charge in [0.05, 0.1) is 6.61 Å². The normalized spacial score (nSPS) is 13.9. The van der Waals surface area contributed by atoms with Crippen LogP contribution >= 0.6 is 0 Å². The molecule has 4 nitrogen and oxygen atoms in total. The first-order chi connectivity index (χ1) is 5.90. The summed E-state index contributed by atoms with van der Waals surface area (Å²) in [6.07, 6.45) is 0.382. The summed E-state index contributed by atoms with van der Waals surface area (Å²) in [5, 5.41) is 2.85. The van der Waals surface area contributed by atoms with Crippen LogP contribution in [0.4, 0.5) is 0 Å². The molecule has 0 radical (unpaired) electrons. The summed E-state index contributed by atoms with van der Waals surface area (Å²) in [4.78, 5) is 11.3. The number of carbonyl (C=O) groups excluding carboxylic acids is 1. The van der Waals surface area contributed by atoms with Crippen molar-refractivity contribution in [2.45, 2.75) is 38.8 Å². The van der Waals surface area contributed by atoms with Crippen molar-refractivity contribution >= 4 is 5.91 Å². The smallest absolute Gasteiger partial charge is 0.222 e. The second-order valence-electron chi connectivity index (χ2n) is 3.80. The molecular formula is C9H20N2O2. The van der Waals surface area contributed by atoms with Gasteiger partial charge >= 0.3 is 0 Å². The molecule has 0 aromatic carbocycles. The first kappa shape index (κ1) is 12.4. The van der Waals surface area contributed by atoms with Crippen LogP contribution < -0.4 is 11.1 Å². The van der Waals surface area contributed by atoms with Gasteiger partial charge in [0.25, 0.3) is 0 Å². The Morgan fingerprint density at radius 1 is 1.62 bits per heavy atom. The van der Waals surface area contributed by atoms with Crippen molar-refractivity contribution in [3.63, 3.8) is 0 Å². The highest BCUT2D eigenvalue weighted by molar-refractivity contribution is 5.76. The molecule has 0 spiro atoms. The molecule has 1 amide bonds. The zero-order valence-corrected chi connectivity index (χ0v) is 8.89. The van der Waals surface area contributed by atoms with Gasteiger partial charge in [0.15, 0.2) is 0 Å². The third-order valence-electron chi connectivity index (χ3n) is 2.13. The van der Waals surface area contributed by atoms with E-state index in [9.17, 15) is 4.79 Å². The van der Waals surface area contributed by atoms with E-state index in [2.05, 4.69) is 5.32 Å². The number of carbonyl (C=O) groups is 1. The summed E-state index contributed by atoms with van der Waals surface area (Å²) in [6.45, 7) is 6.13. The van der Waals surface area contributed by atoms with Gasteiger partial charge < -0.3 is 15.8 Å². The summed E-state index contributed by atoms with van der Waals surface area (Å²) in [7, 11) is 1.57. The molecule has 0 aromatic heterocycles. The van der Waals surface area contributed by atoms with Crippen molar-refractivity contribution < 1.29 is 9.53 Å². The number of rotatable bonds is 5. The van der Waals surface area contributed by atoms with Crippen molar-refractivity contribution in [2.24, 2.45) is 5.73 Å². The van der Waals surface area contributed by atoms with E-state index in [1.807, 2.05) is 20.8 Å². The Labute approximate surface area is 79.8 Å². The van der Waals surface area contributed by atoms with Crippen molar-refractivity contribution in [1.82, 2.24) is 5.32 Å².